The maximum Gasteiger partial charge on any atom is 0.345 e. The monoisotopic (exact) mass is 848 g/mol. The zero-order valence-corrected chi connectivity index (χ0v) is 37.1. The van der Waals surface area contributed by atoms with E-state index in [1.807, 2.05) is 149 Å². The van der Waals surface area contributed by atoms with Gasteiger partial charge in [0.15, 0.2) is 11.9 Å². The Bertz CT molecular complexity index is 2750. The van der Waals surface area contributed by atoms with Gasteiger partial charge in [0.2, 0.25) is 0 Å². The number of rotatable bonds is 10. The van der Waals surface area contributed by atoms with Gasteiger partial charge in [-0.15, -0.1) is 0 Å². The third-order valence-electron chi connectivity index (χ3n) is 11.6. The number of hydrogen-bond acceptors (Lipinski definition) is 2. The van der Waals surface area contributed by atoms with Gasteiger partial charge in [0.05, 0.1) is 14.1 Å². The minimum absolute atomic E-state index is 0.110. The van der Waals surface area contributed by atoms with Crippen LogP contribution in [0.2, 0.25) is 0 Å². The lowest BCUT2D eigenvalue weighted by atomic mass is 9.69. The summed E-state index contributed by atoms with van der Waals surface area (Å²) in [5.74, 6) is 14.3. The second kappa shape index (κ2) is 18.6. The van der Waals surface area contributed by atoms with Crippen LogP contribution in [-0.4, -0.2) is 61.2 Å². The first-order chi connectivity index (χ1) is 30.5. The molecule has 0 radical (unpaired) electrons. The highest BCUT2D eigenvalue weighted by molar-refractivity contribution is 5.93. The summed E-state index contributed by atoms with van der Waals surface area (Å²) < 4.78 is 3.43. The molecule has 0 fully saturated rings. The largest absolute Gasteiger partial charge is 0.370 e. The van der Waals surface area contributed by atoms with E-state index in [2.05, 4.69) is 47.9 Å². The Hall–Kier alpha value is -8.48. The molecule has 0 aliphatic heterocycles. The van der Waals surface area contributed by atoms with Crippen molar-refractivity contribution in [1.29, 1.82) is 10.8 Å². The minimum atomic E-state index is -1.14. The average Bonchev–Trinajstić information content (AvgIpc) is 3.29. The van der Waals surface area contributed by atoms with Crippen LogP contribution in [0.3, 0.4) is 0 Å². The second-order valence-corrected chi connectivity index (χ2v) is 15.8. The first kappa shape index (κ1) is 45.1. The molecule has 6 aromatic rings. The van der Waals surface area contributed by atoms with E-state index in [9.17, 15) is 0 Å². The number of guanidine groups is 4. The highest BCUT2D eigenvalue weighted by atomic mass is 15.2. The van der Waals surface area contributed by atoms with Crippen molar-refractivity contribution in [1.82, 2.24) is 0 Å². The molecular formula is C52H56N12+2. The molecular weight excluding hydrogens is 793 g/mol. The number of benzene rings is 6. The van der Waals surface area contributed by atoms with E-state index in [0.29, 0.717) is 11.4 Å². The number of hydrogen-bond donors (Lipinski definition) is 8. The predicted molar refractivity (Wildman–Crippen MR) is 263 cm³/mol. The molecule has 6 rings (SSSR count). The number of nitrogens with two attached hydrogens (primary N) is 6. The van der Waals surface area contributed by atoms with Gasteiger partial charge in [0, 0.05) is 25.5 Å². The Kier molecular flexibility index (Phi) is 13.1. The SMILES string of the molecule is Cc1cccc([C@](C#CC#C[C@@](c2cccc(C)c2)(c2cccc(N(C)C(=N)N)c2)c2cccc([N+](C)=C(N)N)c2)(c2cccc(N(C)C(=N)N)c2)c2cccc([N+](C)=C(N)N)c2)c1. The van der Waals surface area contributed by atoms with E-state index in [1.165, 1.54) is 0 Å². The van der Waals surface area contributed by atoms with Crippen LogP contribution in [0.5, 0.6) is 0 Å². The van der Waals surface area contributed by atoms with Crippen molar-refractivity contribution in [3.05, 3.63) is 190 Å². The third-order valence-corrected chi connectivity index (χ3v) is 11.6. The Balaban J connectivity index is 1.77. The third kappa shape index (κ3) is 8.94. The standard InChI is InChI=1S/C52H54N12/c1-35-15-9-17-37(29-35)51(39-19-11-23-43(31-39)61(3)47(53)54,40-20-12-24-44(32-40)62(4)48(55)56)27-7-8-28-52(38-18-10-16-36(2)30-38,41-21-13-25-45(33-41)63(5)49(57)58)42-22-14-26-46(34-42)64(6)50(59)60/h9-26,29-34H,1-6H3,(H12,53,54,55,56,57,58,59,60)/p+2. The van der Waals surface area contributed by atoms with Gasteiger partial charge in [-0.05, 0) is 108 Å². The summed E-state index contributed by atoms with van der Waals surface area (Å²) in [5.41, 5.74) is 44.3. The van der Waals surface area contributed by atoms with Crippen molar-refractivity contribution < 1.29 is 9.15 Å². The van der Waals surface area contributed by atoms with E-state index in [4.69, 9.17) is 45.2 Å². The summed E-state index contributed by atoms with van der Waals surface area (Å²) in [6, 6.07) is 48.2. The van der Waals surface area contributed by atoms with Crippen LogP contribution < -0.4 is 44.2 Å². The fourth-order valence-corrected chi connectivity index (χ4v) is 7.81. The van der Waals surface area contributed by atoms with Crippen molar-refractivity contribution in [3.63, 3.8) is 0 Å². The van der Waals surface area contributed by atoms with Gasteiger partial charge < -0.3 is 21.3 Å². The number of nitrogens with one attached hydrogen (secondary N) is 2. The van der Waals surface area contributed by atoms with E-state index in [0.717, 1.165) is 55.9 Å². The molecule has 0 unspecified atom stereocenters. The maximum absolute atomic E-state index is 8.26. The molecule has 12 nitrogen and oxygen atoms in total. The highest BCUT2D eigenvalue weighted by Gasteiger charge is 2.38. The van der Waals surface area contributed by atoms with Crippen molar-refractivity contribution in [2.24, 2.45) is 34.4 Å². The zero-order valence-electron chi connectivity index (χ0n) is 37.1. The van der Waals surface area contributed by atoms with Gasteiger partial charge >= 0.3 is 11.9 Å². The topological polar surface area (TPSA) is 216 Å². The van der Waals surface area contributed by atoms with Crippen LogP contribution >= 0.6 is 0 Å². The van der Waals surface area contributed by atoms with E-state index in [-0.39, 0.29) is 23.8 Å². The number of nitrogens with zero attached hydrogens (tertiary/aromatic N) is 4. The van der Waals surface area contributed by atoms with Gasteiger partial charge in [-0.3, -0.25) is 33.8 Å². The Morgan fingerprint density at radius 2 is 0.750 bits per heavy atom. The normalized spacial score (nSPS) is 12.4. The molecule has 64 heavy (non-hydrogen) atoms. The molecule has 0 aliphatic carbocycles. The van der Waals surface area contributed by atoms with Crippen LogP contribution in [0, 0.1) is 48.3 Å². The Labute approximate surface area is 376 Å². The summed E-state index contributed by atoms with van der Waals surface area (Å²) >= 11 is 0. The Morgan fingerprint density at radius 3 is 1.06 bits per heavy atom. The minimum Gasteiger partial charge on any atom is -0.370 e. The second-order valence-electron chi connectivity index (χ2n) is 15.8. The lowest BCUT2D eigenvalue weighted by Crippen LogP contribution is -2.34. The summed E-state index contributed by atoms with van der Waals surface area (Å²) in [6.45, 7) is 4.09. The smallest absolute Gasteiger partial charge is 0.345 e. The van der Waals surface area contributed by atoms with Gasteiger partial charge in [-0.25, -0.2) is 9.15 Å². The van der Waals surface area contributed by atoms with E-state index in [1.54, 1.807) is 33.0 Å². The van der Waals surface area contributed by atoms with Gasteiger partial charge in [-0.2, -0.15) is 0 Å². The molecule has 0 aliphatic rings. The first-order valence-corrected chi connectivity index (χ1v) is 20.5. The summed E-state index contributed by atoms with van der Waals surface area (Å²) in [5, 5.41) is 16.5. The lowest BCUT2D eigenvalue weighted by Gasteiger charge is -2.32. The van der Waals surface area contributed by atoms with E-state index < -0.39 is 10.8 Å². The quantitative estimate of drug-likeness (QED) is 0.0292. The average molecular weight is 849 g/mol. The highest BCUT2D eigenvalue weighted by Crippen LogP contribution is 2.43. The fourth-order valence-electron chi connectivity index (χ4n) is 7.81. The van der Waals surface area contributed by atoms with Crippen molar-refractivity contribution in [2.75, 3.05) is 38.0 Å². The Morgan fingerprint density at radius 1 is 0.453 bits per heavy atom. The molecule has 0 saturated heterocycles. The molecule has 6 aromatic carbocycles. The summed E-state index contributed by atoms with van der Waals surface area (Å²) in [4.78, 5) is 3.23. The molecule has 0 saturated carbocycles. The molecule has 0 heterocycles. The molecule has 322 valence electrons. The molecule has 0 spiro atoms. The van der Waals surface area contributed by atoms with Crippen molar-refractivity contribution in [2.45, 2.75) is 24.7 Å². The van der Waals surface area contributed by atoms with Crippen LogP contribution in [0.15, 0.2) is 146 Å². The first-order valence-electron chi connectivity index (χ1n) is 20.5. The number of aryl methyl sites for hydroxylation is 2. The summed E-state index contributed by atoms with van der Waals surface area (Å²) in [7, 11) is 7.12. The van der Waals surface area contributed by atoms with Gasteiger partial charge in [0.25, 0.3) is 0 Å². The molecule has 0 amide bonds. The van der Waals surface area contributed by atoms with Gasteiger partial charge in [0.1, 0.15) is 22.2 Å². The summed E-state index contributed by atoms with van der Waals surface area (Å²) in [6.07, 6.45) is 0. The van der Waals surface area contributed by atoms with Crippen LogP contribution in [-0.2, 0) is 10.8 Å². The molecule has 0 aromatic heterocycles. The predicted octanol–water partition coefficient (Wildman–Crippen LogP) is 5.43. The van der Waals surface area contributed by atoms with Crippen LogP contribution in [0.25, 0.3) is 0 Å². The maximum atomic E-state index is 8.26. The lowest BCUT2D eigenvalue weighted by molar-refractivity contribution is -0.407. The molecule has 0 bridgehead atoms. The van der Waals surface area contributed by atoms with Crippen molar-refractivity contribution in [3.8, 4) is 23.7 Å². The van der Waals surface area contributed by atoms with E-state index >= 15 is 0 Å². The van der Waals surface area contributed by atoms with Gasteiger partial charge in [-0.1, -0.05) is 120 Å². The van der Waals surface area contributed by atoms with Crippen LogP contribution in [0.1, 0.15) is 44.5 Å². The molecule has 14 N–H and O–H groups in total. The molecule has 12 heteroatoms. The van der Waals surface area contributed by atoms with Crippen LogP contribution in [0.4, 0.5) is 22.7 Å². The van der Waals surface area contributed by atoms with Crippen molar-refractivity contribution >= 4 is 46.6 Å². The number of anilines is 2. The molecule has 2 atom stereocenters. The fraction of sp³-hybridized carbons (Fsp3) is 0.154. The zero-order chi connectivity index (χ0) is 46.3.